The molecular formula is C24H29ClN4O2. The molecule has 0 aliphatic carbocycles. The van der Waals surface area contributed by atoms with Crippen molar-refractivity contribution in [1.82, 2.24) is 19.7 Å². The van der Waals surface area contributed by atoms with Crippen molar-refractivity contribution in [2.45, 2.75) is 32.1 Å². The molecule has 0 N–H and O–H groups in total. The summed E-state index contributed by atoms with van der Waals surface area (Å²) >= 11 is 0. The standard InChI is InChI=1S/C24H28N4O2.ClH/c29-24-18-21(19-26-28(24)23-8-3-4-13-25-23)20-9-11-22(12-10-20)30-17-7-16-27-14-5-1-2-6-15-27;/h3-4,8-13,18-19H,1-2,5-7,14-17H2;1H. The maximum Gasteiger partial charge on any atom is 0.273 e. The van der Waals surface area contributed by atoms with Crippen LogP contribution in [0.1, 0.15) is 32.1 Å². The first-order chi connectivity index (χ1) is 14.8. The number of nitrogens with zero attached hydrogens (tertiary/aromatic N) is 4. The summed E-state index contributed by atoms with van der Waals surface area (Å²) in [5.41, 5.74) is 1.50. The first-order valence-corrected chi connectivity index (χ1v) is 10.8. The van der Waals surface area contributed by atoms with Gasteiger partial charge < -0.3 is 9.64 Å². The molecule has 31 heavy (non-hydrogen) atoms. The summed E-state index contributed by atoms with van der Waals surface area (Å²) in [4.78, 5) is 19.2. The molecule has 0 amide bonds. The second-order valence-electron chi connectivity index (χ2n) is 7.66. The zero-order valence-corrected chi connectivity index (χ0v) is 18.5. The van der Waals surface area contributed by atoms with Gasteiger partial charge in [-0.2, -0.15) is 9.78 Å². The van der Waals surface area contributed by atoms with Crippen molar-refractivity contribution in [3.05, 3.63) is 71.3 Å². The fourth-order valence-corrected chi connectivity index (χ4v) is 3.80. The van der Waals surface area contributed by atoms with Crippen LogP contribution in [0.25, 0.3) is 16.9 Å². The Hall–Kier alpha value is -2.70. The molecule has 1 aliphatic heterocycles. The van der Waals surface area contributed by atoms with Crippen LogP contribution >= 0.6 is 12.4 Å². The van der Waals surface area contributed by atoms with Gasteiger partial charge in [0.25, 0.3) is 5.56 Å². The van der Waals surface area contributed by atoms with Crippen LogP contribution in [0.15, 0.2) is 65.7 Å². The number of hydrogen-bond donors (Lipinski definition) is 0. The minimum absolute atomic E-state index is 0. The number of rotatable bonds is 7. The monoisotopic (exact) mass is 440 g/mol. The molecule has 7 heteroatoms. The maximum absolute atomic E-state index is 12.4. The average Bonchev–Trinajstić information content (AvgIpc) is 3.07. The number of pyridine rings is 1. The average molecular weight is 441 g/mol. The lowest BCUT2D eigenvalue weighted by Gasteiger charge is -2.19. The molecule has 0 bridgehead atoms. The van der Waals surface area contributed by atoms with Crippen molar-refractivity contribution < 1.29 is 4.74 Å². The van der Waals surface area contributed by atoms with Crippen LogP contribution in [0.4, 0.5) is 0 Å². The fraction of sp³-hybridized carbons (Fsp3) is 0.375. The minimum atomic E-state index is -0.208. The van der Waals surface area contributed by atoms with E-state index in [-0.39, 0.29) is 18.0 Å². The molecular weight excluding hydrogens is 412 g/mol. The Labute approximate surface area is 189 Å². The molecule has 3 aromatic rings. The zero-order valence-electron chi connectivity index (χ0n) is 17.7. The molecule has 164 valence electrons. The normalized spacial score (nSPS) is 14.5. The highest BCUT2D eigenvalue weighted by Gasteiger charge is 2.09. The van der Waals surface area contributed by atoms with Gasteiger partial charge in [0, 0.05) is 24.4 Å². The Morgan fingerprint density at radius 1 is 0.935 bits per heavy atom. The molecule has 0 atom stereocenters. The number of benzene rings is 1. The first-order valence-electron chi connectivity index (χ1n) is 10.8. The number of ether oxygens (including phenoxy) is 1. The van der Waals surface area contributed by atoms with Crippen LogP contribution in [-0.4, -0.2) is 45.9 Å². The number of hydrogen-bond acceptors (Lipinski definition) is 5. The first kappa shape index (κ1) is 23.0. The Kier molecular flexibility index (Phi) is 8.62. The van der Waals surface area contributed by atoms with Crippen LogP contribution in [0.2, 0.25) is 0 Å². The Morgan fingerprint density at radius 3 is 2.39 bits per heavy atom. The summed E-state index contributed by atoms with van der Waals surface area (Å²) in [6, 6.07) is 14.8. The van der Waals surface area contributed by atoms with Gasteiger partial charge in [0.1, 0.15) is 5.75 Å². The third-order valence-electron chi connectivity index (χ3n) is 5.44. The molecule has 0 spiro atoms. The van der Waals surface area contributed by atoms with Crippen LogP contribution in [-0.2, 0) is 0 Å². The van der Waals surface area contributed by atoms with E-state index in [1.807, 2.05) is 36.4 Å². The smallest absolute Gasteiger partial charge is 0.273 e. The summed E-state index contributed by atoms with van der Waals surface area (Å²) in [6.07, 6.45) is 9.75. The van der Waals surface area contributed by atoms with Crippen LogP contribution in [0, 0.1) is 0 Å². The molecule has 2 aromatic heterocycles. The Balaban J connectivity index is 0.00000272. The molecule has 0 unspecified atom stereocenters. The van der Waals surface area contributed by atoms with E-state index in [9.17, 15) is 4.79 Å². The Morgan fingerprint density at radius 2 is 1.71 bits per heavy atom. The fourth-order valence-electron chi connectivity index (χ4n) is 3.80. The van der Waals surface area contributed by atoms with E-state index < -0.39 is 0 Å². The predicted molar refractivity (Wildman–Crippen MR) is 125 cm³/mol. The van der Waals surface area contributed by atoms with Crippen LogP contribution in [0.3, 0.4) is 0 Å². The molecule has 0 saturated carbocycles. The van der Waals surface area contributed by atoms with E-state index in [1.165, 1.54) is 43.5 Å². The van der Waals surface area contributed by atoms with Crippen LogP contribution in [0.5, 0.6) is 5.75 Å². The van der Waals surface area contributed by atoms with Crippen molar-refractivity contribution in [1.29, 1.82) is 0 Å². The lowest BCUT2D eigenvalue weighted by atomic mass is 10.1. The van der Waals surface area contributed by atoms with Crippen molar-refractivity contribution >= 4 is 12.4 Å². The van der Waals surface area contributed by atoms with Crippen molar-refractivity contribution in [3.8, 4) is 22.7 Å². The number of likely N-dealkylation sites (tertiary alicyclic amines) is 1. The topological polar surface area (TPSA) is 60.2 Å². The molecule has 1 fully saturated rings. The second kappa shape index (κ2) is 11.6. The molecule has 6 nitrogen and oxygen atoms in total. The summed E-state index contributed by atoms with van der Waals surface area (Å²) in [5, 5.41) is 4.26. The van der Waals surface area contributed by atoms with Gasteiger partial charge in [0.05, 0.1) is 12.8 Å². The van der Waals surface area contributed by atoms with Crippen molar-refractivity contribution in [2.75, 3.05) is 26.2 Å². The van der Waals surface area contributed by atoms with Gasteiger partial charge in [-0.05, 0) is 62.2 Å². The largest absolute Gasteiger partial charge is 0.494 e. The van der Waals surface area contributed by atoms with Gasteiger partial charge in [-0.3, -0.25) is 4.79 Å². The maximum atomic E-state index is 12.4. The lowest BCUT2D eigenvalue weighted by Crippen LogP contribution is -2.26. The van der Waals surface area contributed by atoms with E-state index in [2.05, 4.69) is 15.0 Å². The quantitative estimate of drug-likeness (QED) is 0.511. The molecule has 3 heterocycles. The highest BCUT2D eigenvalue weighted by atomic mass is 35.5. The van der Waals surface area contributed by atoms with Crippen LogP contribution < -0.4 is 10.3 Å². The number of halogens is 1. The second-order valence-corrected chi connectivity index (χ2v) is 7.66. The third kappa shape index (κ3) is 6.39. The van der Waals surface area contributed by atoms with Gasteiger partial charge in [0.15, 0.2) is 5.82 Å². The van der Waals surface area contributed by atoms with Gasteiger partial charge >= 0.3 is 0 Å². The summed E-state index contributed by atoms with van der Waals surface area (Å²) in [6.45, 7) is 4.28. The third-order valence-corrected chi connectivity index (χ3v) is 5.44. The highest BCUT2D eigenvalue weighted by molar-refractivity contribution is 5.85. The van der Waals surface area contributed by atoms with Crippen molar-refractivity contribution in [2.24, 2.45) is 0 Å². The zero-order chi connectivity index (χ0) is 20.6. The summed E-state index contributed by atoms with van der Waals surface area (Å²) in [5.74, 6) is 1.36. The predicted octanol–water partition coefficient (Wildman–Crippen LogP) is 4.36. The molecule has 1 aromatic carbocycles. The van der Waals surface area contributed by atoms with Gasteiger partial charge in [-0.1, -0.05) is 31.0 Å². The van der Waals surface area contributed by atoms with E-state index >= 15 is 0 Å². The molecule has 0 radical (unpaired) electrons. The molecule has 4 rings (SSSR count). The van der Waals surface area contributed by atoms with E-state index in [4.69, 9.17) is 4.74 Å². The molecule has 1 saturated heterocycles. The van der Waals surface area contributed by atoms with Gasteiger partial charge in [-0.15, -0.1) is 12.4 Å². The van der Waals surface area contributed by atoms with Gasteiger partial charge in [0.2, 0.25) is 0 Å². The Bertz CT molecular complexity index is 984. The molecule has 1 aliphatic rings. The summed E-state index contributed by atoms with van der Waals surface area (Å²) in [7, 11) is 0. The summed E-state index contributed by atoms with van der Waals surface area (Å²) < 4.78 is 7.20. The number of aromatic nitrogens is 3. The lowest BCUT2D eigenvalue weighted by molar-refractivity contribution is 0.240. The highest BCUT2D eigenvalue weighted by Crippen LogP contribution is 2.21. The van der Waals surface area contributed by atoms with Crippen molar-refractivity contribution in [3.63, 3.8) is 0 Å². The minimum Gasteiger partial charge on any atom is -0.494 e. The van der Waals surface area contributed by atoms with E-state index in [0.717, 1.165) is 36.4 Å². The SMILES string of the molecule is Cl.O=c1cc(-c2ccc(OCCCN3CCCCCC3)cc2)cnn1-c1ccccn1. The van der Waals surface area contributed by atoms with E-state index in [1.54, 1.807) is 24.5 Å². The van der Waals surface area contributed by atoms with Gasteiger partial charge in [-0.25, -0.2) is 4.98 Å². The van der Waals surface area contributed by atoms with E-state index in [0.29, 0.717) is 5.82 Å².